The van der Waals surface area contributed by atoms with Crippen LogP contribution in [0.3, 0.4) is 0 Å². The molecule has 17 heavy (non-hydrogen) atoms. The van der Waals surface area contributed by atoms with Crippen molar-refractivity contribution in [2.45, 2.75) is 37.6 Å². The molecule has 7 heteroatoms. The second-order valence-corrected chi connectivity index (χ2v) is 6.90. The highest BCUT2D eigenvalue weighted by molar-refractivity contribution is 7.91. The number of unbranched alkanes of at least 4 members (excludes halogenated alkanes) is 2. The van der Waals surface area contributed by atoms with Gasteiger partial charge < -0.3 is 10.1 Å². The third-order valence-corrected chi connectivity index (χ3v) is 4.94. The second-order valence-electron chi connectivity index (χ2n) is 4.19. The number of ether oxygens (including phenoxy) is 1. The van der Waals surface area contributed by atoms with Crippen LogP contribution >= 0.6 is 11.6 Å². The predicted octanol–water partition coefficient (Wildman–Crippen LogP) is 1.31. The van der Waals surface area contributed by atoms with Crippen molar-refractivity contribution in [1.29, 1.82) is 0 Å². The van der Waals surface area contributed by atoms with Gasteiger partial charge in [-0.3, -0.25) is 0 Å². The lowest BCUT2D eigenvalue weighted by Crippen LogP contribution is -2.41. The van der Waals surface area contributed by atoms with Gasteiger partial charge in [0.15, 0.2) is 9.84 Å². The second kappa shape index (κ2) is 6.44. The van der Waals surface area contributed by atoms with E-state index in [1.54, 1.807) is 0 Å². The average molecular weight is 284 g/mol. The number of amides is 1. The number of carbonyl (C=O) groups is 1. The van der Waals surface area contributed by atoms with Crippen molar-refractivity contribution in [2.24, 2.45) is 0 Å². The Morgan fingerprint density at radius 2 is 2.12 bits per heavy atom. The van der Waals surface area contributed by atoms with E-state index in [9.17, 15) is 13.2 Å². The van der Waals surface area contributed by atoms with E-state index in [1.807, 2.05) is 0 Å². The van der Waals surface area contributed by atoms with E-state index < -0.39 is 27.3 Å². The first-order valence-corrected chi connectivity index (χ1v) is 7.98. The number of rotatable bonds is 5. The van der Waals surface area contributed by atoms with Gasteiger partial charge in [0.1, 0.15) is 0 Å². The highest BCUT2D eigenvalue weighted by Gasteiger charge is 2.37. The third-order valence-electron chi connectivity index (χ3n) is 2.57. The highest BCUT2D eigenvalue weighted by atomic mass is 35.5. The molecule has 1 aliphatic heterocycles. The highest BCUT2D eigenvalue weighted by Crippen LogP contribution is 2.17. The van der Waals surface area contributed by atoms with Crippen LogP contribution in [0.1, 0.15) is 26.2 Å². The van der Waals surface area contributed by atoms with Crippen LogP contribution in [-0.2, 0) is 14.6 Å². The molecule has 1 saturated heterocycles. The Hall–Kier alpha value is -0.490. The number of halogens is 1. The molecule has 0 aliphatic carbocycles. The maximum Gasteiger partial charge on any atom is 0.407 e. The van der Waals surface area contributed by atoms with Crippen LogP contribution in [0.15, 0.2) is 0 Å². The van der Waals surface area contributed by atoms with E-state index >= 15 is 0 Å². The molecule has 0 aromatic carbocycles. The lowest BCUT2D eigenvalue weighted by atomic mass is 10.2. The van der Waals surface area contributed by atoms with Gasteiger partial charge in [0.2, 0.25) is 0 Å². The average Bonchev–Trinajstić information content (AvgIpc) is 2.47. The number of hydrogen-bond donors (Lipinski definition) is 1. The maximum absolute atomic E-state index is 11.3. The summed E-state index contributed by atoms with van der Waals surface area (Å²) in [6.07, 6.45) is 2.28. The molecule has 1 amide bonds. The van der Waals surface area contributed by atoms with E-state index in [2.05, 4.69) is 12.2 Å². The van der Waals surface area contributed by atoms with Crippen molar-refractivity contribution in [3.05, 3.63) is 0 Å². The summed E-state index contributed by atoms with van der Waals surface area (Å²) in [5.41, 5.74) is 0. The Morgan fingerprint density at radius 1 is 1.41 bits per heavy atom. The van der Waals surface area contributed by atoms with E-state index in [0.29, 0.717) is 6.61 Å². The summed E-state index contributed by atoms with van der Waals surface area (Å²) in [6, 6.07) is -0.541. The Labute approximate surface area is 107 Å². The number of sulfone groups is 1. The third kappa shape index (κ3) is 5.12. The minimum atomic E-state index is -3.12. The van der Waals surface area contributed by atoms with Crippen LogP contribution in [0.25, 0.3) is 0 Å². The van der Waals surface area contributed by atoms with Gasteiger partial charge >= 0.3 is 6.09 Å². The quantitative estimate of drug-likeness (QED) is 0.610. The first-order valence-electron chi connectivity index (χ1n) is 5.72. The number of nitrogens with one attached hydrogen (secondary N) is 1. The Balaban J connectivity index is 2.27. The molecule has 100 valence electrons. The summed E-state index contributed by atoms with van der Waals surface area (Å²) in [5, 5.41) is 1.92. The van der Waals surface area contributed by atoms with Gasteiger partial charge in [0.25, 0.3) is 0 Å². The van der Waals surface area contributed by atoms with Crippen LogP contribution < -0.4 is 5.32 Å². The fourth-order valence-electron chi connectivity index (χ4n) is 1.65. The molecule has 1 heterocycles. The molecule has 0 aromatic heterocycles. The molecular formula is C10H18ClNO4S. The summed E-state index contributed by atoms with van der Waals surface area (Å²) in [7, 11) is -3.12. The SMILES string of the molecule is CCCCCOC(=O)NC1CS(=O)(=O)CC1Cl. The van der Waals surface area contributed by atoms with Crippen LogP contribution in [0.4, 0.5) is 4.79 Å². The molecule has 0 spiro atoms. The normalized spacial score (nSPS) is 26.7. The van der Waals surface area contributed by atoms with Crippen molar-refractivity contribution in [1.82, 2.24) is 5.32 Å². The number of alkyl carbamates (subject to hydrolysis) is 1. The zero-order chi connectivity index (χ0) is 12.9. The predicted molar refractivity (Wildman–Crippen MR) is 66.1 cm³/mol. The van der Waals surface area contributed by atoms with E-state index in [0.717, 1.165) is 19.3 Å². The molecular weight excluding hydrogens is 266 g/mol. The van der Waals surface area contributed by atoms with Gasteiger partial charge in [-0.15, -0.1) is 11.6 Å². The molecule has 0 aromatic rings. The molecule has 0 saturated carbocycles. The van der Waals surface area contributed by atoms with Crippen LogP contribution in [-0.4, -0.2) is 44.0 Å². The molecule has 2 unspecified atom stereocenters. The van der Waals surface area contributed by atoms with Crippen molar-refractivity contribution >= 4 is 27.5 Å². The zero-order valence-electron chi connectivity index (χ0n) is 9.82. The molecule has 1 aliphatic rings. The standard InChI is InChI=1S/C10H18ClNO4S/c1-2-3-4-5-16-10(13)12-9-7-17(14,15)6-8(9)11/h8-9H,2-7H2,1H3,(H,12,13). The summed E-state index contributed by atoms with van der Waals surface area (Å²) in [4.78, 5) is 11.3. The number of hydrogen-bond acceptors (Lipinski definition) is 4. The first kappa shape index (κ1) is 14.6. The summed E-state index contributed by atoms with van der Waals surface area (Å²) >= 11 is 5.84. The summed E-state index contributed by atoms with van der Waals surface area (Å²) < 4.78 is 27.4. The molecule has 0 radical (unpaired) electrons. The van der Waals surface area contributed by atoms with Gasteiger partial charge in [-0.05, 0) is 6.42 Å². The lowest BCUT2D eigenvalue weighted by Gasteiger charge is -2.14. The zero-order valence-corrected chi connectivity index (χ0v) is 11.4. The Morgan fingerprint density at radius 3 is 2.65 bits per heavy atom. The Kier molecular flexibility index (Phi) is 5.52. The van der Waals surface area contributed by atoms with E-state index in [-0.39, 0.29) is 11.5 Å². The summed E-state index contributed by atoms with van der Waals surface area (Å²) in [5.74, 6) is -0.194. The lowest BCUT2D eigenvalue weighted by molar-refractivity contribution is 0.141. The van der Waals surface area contributed by atoms with Gasteiger partial charge in [-0.1, -0.05) is 19.8 Å². The fourth-order valence-corrected chi connectivity index (χ4v) is 4.20. The molecule has 1 rings (SSSR count). The molecule has 2 atom stereocenters. The van der Waals surface area contributed by atoms with Gasteiger partial charge in [-0.2, -0.15) is 0 Å². The van der Waals surface area contributed by atoms with Crippen molar-refractivity contribution in [2.75, 3.05) is 18.1 Å². The van der Waals surface area contributed by atoms with Crippen molar-refractivity contribution < 1.29 is 17.9 Å². The van der Waals surface area contributed by atoms with E-state index in [4.69, 9.17) is 16.3 Å². The summed E-state index contributed by atoms with van der Waals surface area (Å²) in [6.45, 7) is 2.41. The molecule has 0 bridgehead atoms. The minimum absolute atomic E-state index is 0.0880. The fraction of sp³-hybridized carbons (Fsp3) is 0.900. The van der Waals surface area contributed by atoms with Crippen molar-refractivity contribution in [3.63, 3.8) is 0 Å². The molecule has 5 nitrogen and oxygen atoms in total. The van der Waals surface area contributed by atoms with Gasteiger partial charge in [0, 0.05) is 0 Å². The van der Waals surface area contributed by atoms with E-state index in [1.165, 1.54) is 0 Å². The van der Waals surface area contributed by atoms with Gasteiger partial charge in [0.05, 0.1) is 29.5 Å². The minimum Gasteiger partial charge on any atom is -0.450 e. The number of alkyl halides is 1. The topological polar surface area (TPSA) is 72.5 Å². The van der Waals surface area contributed by atoms with Crippen LogP contribution in [0.2, 0.25) is 0 Å². The largest absolute Gasteiger partial charge is 0.450 e. The van der Waals surface area contributed by atoms with Crippen LogP contribution in [0, 0.1) is 0 Å². The first-order chi connectivity index (χ1) is 7.94. The monoisotopic (exact) mass is 283 g/mol. The van der Waals surface area contributed by atoms with Gasteiger partial charge in [-0.25, -0.2) is 13.2 Å². The number of carbonyl (C=O) groups excluding carboxylic acids is 1. The molecule has 1 N–H and O–H groups in total. The smallest absolute Gasteiger partial charge is 0.407 e. The molecule has 1 fully saturated rings. The van der Waals surface area contributed by atoms with Crippen LogP contribution in [0.5, 0.6) is 0 Å². The maximum atomic E-state index is 11.3. The van der Waals surface area contributed by atoms with Crippen molar-refractivity contribution in [3.8, 4) is 0 Å². The Bertz CT molecular complexity index is 357.